The van der Waals surface area contributed by atoms with Gasteiger partial charge in [-0.1, -0.05) is 22.8 Å². The third-order valence-corrected chi connectivity index (χ3v) is 3.05. The summed E-state index contributed by atoms with van der Waals surface area (Å²) in [4.78, 5) is 0. The van der Waals surface area contributed by atoms with E-state index in [1.165, 1.54) is 0 Å². The fourth-order valence-corrected chi connectivity index (χ4v) is 2.06. The van der Waals surface area contributed by atoms with E-state index < -0.39 is 0 Å². The second-order valence-corrected chi connectivity index (χ2v) is 4.23. The van der Waals surface area contributed by atoms with E-state index in [4.69, 9.17) is 26.6 Å². The molecule has 4 nitrogen and oxygen atoms in total. The van der Waals surface area contributed by atoms with Crippen LogP contribution in [0.15, 0.2) is 16.7 Å². The van der Waals surface area contributed by atoms with E-state index in [-0.39, 0.29) is 0 Å². The zero-order valence-electron chi connectivity index (χ0n) is 9.87. The van der Waals surface area contributed by atoms with Crippen molar-refractivity contribution in [1.29, 1.82) is 0 Å². The van der Waals surface area contributed by atoms with Gasteiger partial charge in [0.25, 0.3) is 0 Å². The third-order valence-electron chi connectivity index (χ3n) is 2.58. The van der Waals surface area contributed by atoms with E-state index in [0.717, 1.165) is 16.7 Å². The van der Waals surface area contributed by atoms with Gasteiger partial charge in [0, 0.05) is 6.07 Å². The second kappa shape index (κ2) is 4.30. The highest BCUT2D eigenvalue weighted by Gasteiger charge is 2.18. The van der Waals surface area contributed by atoms with Gasteiger partial charge in [-0.2, -0.15) is 0 Å². The topological polar surface area (TPSA) is 61.3 Å². The van der Waals surface area contributed by atoms with Crippen LogP contribution in [0, 0.1) is 13.8 Å². The molecule has 2 rings (SSSR count). The summed E-state index contributed by atoms with van der Waals surface area (Å²) in [6.45, 7) is 3.89. The van der Waals surface area contributed by atoms with Crippen molar-refractivity contribution >= 4 is 17.4 Å². The number of benzene rings is 1. The van der Waals surface area contributed by atoms with Gasteiger partial charge in [0.15, 0.2) is 11.6 Å². The largest absolute Gasteiger partial charge is 0.494 e. The van der Waals surface area contributed by atoms with Crippen LogP contribution < -0.4 is 10.5 Å². The summed E-state index contributed by atoms with van der Waals surface area (Å²) in [6.07, 6.45) is 0. The first-order valence-corrected chi connectivity index (χ1v) is 5.48. The minimum absolute atomic E-state index is 0.332. The van der Waals surface area contributed by atoms with Crippen molar-refractivity contribution in [3.05, 3.63) is 28.3 Å². The average Bonchev–Trinajstić information content (AvgIpc) is 2.69. The van der Waals surface area contributed by atoms with E-state index in [1.54, 1.807) is 13.2 Å². The molecule has 1 heterocycles. The van der Waals surface area contributed by atoms with E-state index in [1.807, 2.05) is 19.9 Å². The quantitative estimate of drug-likeness (QED) is 0.892. The molecule has 17 heavy (non-hydrogen) atoms. The predicted molar refractivity (Wildman–Crippen MR) is 67.4 cm³/mol. The number of ether oxygens (including phenoxy) is 1. The number of aromatic nitrogens is 1. The maximum absolute atomic E-state index is 6.21. The van der Waals surface area contributed by atoms with Crippen molar-refractivity contribution in [2.24, 2.45) is 0 Å². The molecule has 0 saturated carbocycles. The van der Waals surface area contributed by atoms with Crippen molar-refractivity contribution < 1.29 is 9.26 Å². The summed E-state index contributed by atoms with van der Waals surface area (Å²) in [5.74, 6) is 1.47. The first-order valence-electron chi connectivity index (χ1n) is 5.11. The lowest BCUT2D eigenvalue weighted by Crippen LogP contribution is -1.94. The number of methoxy groups -OCH3 is 1. The number of nitrogen functional groups attached to an aromatic ring is 1. The minimum atomic E-state index is 0.332. The van der Waals surface area contributed by atoms with Crippen LogP contribution in [0.25, 0.3) is 11.3 Å². The van der Waals surface area contributed by atoms with Gasteiger partial charge >= 0.3 is 0 Å². The summed E-state index contributed by atoms with van der Waals surface area (Å²) in [7, 11) is 1.57. The van der Waals surface area contributed by atoms with Crippen molar-refractivity contribution in [1.82, 2.24) is 5.16 Å². The SMILES string of the molecule is COc1c(Cl)c(C)cc(C)c1-c1cc(N)no1. The molecule has 0 aliphatic heterocycles. The fraction of sp³-hybridized carbons (Fsp3) is 0.250. The monoisotopic (exact) mass is 252 g/mol. The number of hydrogen-bond donors (Lipinski definition) is 1. The molecule has 1 aromatic heterocycles. The highest BCUT2D eigenvalue weighted by molar-refractivity contribution is 6.33. The van der Waals surface area contributed by atoms with Gasteiger partial charge in [0.1, 0.15) is 5.75 Å². The molecule has 0 spiro atoms. The van der Waals surface area contributed by atoms with Gasteiger partial charge in [-0.3, -0.25) is 0 Å². The molecular weight excluding hydrogens is 240 g/mol. The van der Waals surface area contributed by atoms with Crippen LogP contribution in [0.2, 0.25) is 5.02 Å². The Hall–Kier alpha value is -1.68. The molecule has 0 atom stereocenters. The first-order chi connectivity index (χ1) is 8.04. The van der Waals surface area contributed by atoms with Gasteiger partial charge in [-0.15, -0.1) is 0 Å². The summed E-state index contributed by atoms with van der Waals surface area (Å²) in [6, 6.07) is 3.62. The van der Waals surface area contributed by atoms with Crippen LogP contribution >= 0.6 is 11.6 Å². The maximum atomic E-state index is 6.21. The molecule has 0 saturated heterocycles. The first kappa shape index (κ1) is 11.8. The zero-order chi connectivity index (χ0) is 12.6. The lowest BCUT2D eigenvalue weighted by atomic mass is 10.0. The Bertz CT molecular complexity index is 564. The van der Waals surface area contributed by atoms with Crippen LogP contribution in [0.4, 0.5) is 5.82 Å². The molecule has 2 aromatic rings. The van der Waals surface area contributed by atoms with Crippen LogP contribution in [0.3, 0.4) is 0 Å². The molecule has 0 aliphatic rings. The number of nitrogens with two attached hydrogens (primary N) is 1. The number of anilines is 1. The number of rotatable bonds is 2. The molecule has 0 amide bonds. The molecule has 2 N–H and O–H groups in total. The molecule has 5 heteroatoms. The molecule has 1 aromatic carbocycles. The highest BCUT2D eigenvalue weighted by Crippen LogP contribution is 2.41. The predicted octanol–water partition coefficient (Wildman–Crippen LogP) is 3.20. The number of nitrogens with zero attached hydrogens (tertiary/aromatic N) is 1. The number of aryl methyl sites for hydroxylation is 2. The standard InChI is InChI=1S/C12H13ClN2O2/c1-6-4-7(2)11(13)12(16-3)10(6)8-5-9(14)15-17-8/h4-5H,1-3H3,(H2,14,15). The van der Waals surface area contributed by atoms with E-state index in [9.17, 15) is 0 Å². The Labute approximate surface area is 104 Å². The number of halogens is 1. The molecule has 0 fully saturated rings. The van der Waals surface area contributed by atoms with Crippen molar-refractivity contribution in [2.75, 3.05) is 12.8 Å². The van der Waals surface area contributed by atoms with Crippen LogP contribution in [0.5, 0.6) is 5.75 Å². The summed E-state index contributed by atoms with van der Waals surface area (Å²) in [5.41, 5.74) is 8.29. The highest BCUT2D eigenvalue weighted by atomic mass is 35.5. The summed E-state index contributed by atoms with van der Waals surface area (Å²) >= 11 is 6.21. The normalized spacial score (nSPS) is 10.6. The van der Waals surface area contributed by atoms with Crippen LogP contribution in [0.1, 0.15) is 11.1 Å². The molecule has 0 bridgehead atoms. The second-order valence-electron chi connectivity index (χ2n) is 3.85. The zero-order valence-corrected chi connectivity index (χ0v) is 10.6. The maximum Gasteiger partial charge on any atom is 0.173 e. The molecule has 0 radical (unpaired) electrons. The Balaban J connectivity index is 2.72. The van der Waals surface area contributed by atoms with Gasteiger partial charge in [-0.05, 0) is 25.0 Å². The van der Waals surface area contributed by atoms with Gasteiger partial charge in [0.05, 0.1) is 17.7 Å². The van der Waals surface area contributed by atoms with Crippen molar-refractivity contribution in [3.63, 3.8) is 0 Å². The summed E-state index contributed by atoms with van der Waals surface area (Å²) < 4.78 is 10.5. The molecular formula is C12H13ClN2O2. The van der Waals surface area contributed by atoms with Gasteiger partial charge in [0.2, 0.25) is 0 Å². The Morgan fingerprint density at radius 3 is 2.53 bits per heavy atom. The fourth-order valence-electron chi connectivity index (χ4n) is 1.83. The number of hydrogen-bond acceptors (Lipinski definition) is 4. The minimum Gasteiger partial charge on any atom is -0.494 e. The lowest BCUT2D eigenvalue weighted by molar-refractivity contribution is 0.406. The molecule has 90 valence electrons. The smallest absolute Gasteiger partial charge is 0.173 e. The van der Waals surface area contributed by atoms with E-state index in [0.29, 0.717) is 22.4 Å². The Morgan fingerprint density at radius 1 is 1.29 bits per heavy atom. The van der Waals surface area contributed by atoms with Crippen LogP contribution in [-0.2, 0) is 0 Å². The van der Waals surface area contributed by atoms with E-state index >= 15 is 0 Å². The molecule has 0 unspecified atom stereocenters. The Morgan fingerprint density at radius 2 is 2.00 bits per heavy atom. The Kier molecular flexibility index (Phi) is 2.98. The van der Waals surface area contributed by atoms with E-state index in [2.05, 4.69) is 5.16 Å². The van der Waals surface area contributed by atoms with Crippen molar-refractivity contribution in [3.8, 4) is 17.1 Å². The third kappa shape index (κ3) is 1.96. The summed E-state index contributed by atoms with van der Waals surface area (Å²) in [5, 5.41) is 4.24. The van der Waals surface area contributed by atoms with Crippen molar-refractivity contribution in [2.45, 2.75) is 13.8 Å². The molecule has 0 aliphatic carbocycles. The van der Waals surface area contributed by atoms with Crippen LogP contribution in [-0.4, -0.2) is 12.3 Å². The van der Waals surface area contributed by atoms with Gasteiger partial charge < -0.3 is 15.0 Å². The van der Waals surface area contributed by atoms with Gasteiger partial charge in [-0.25, -0.2) is 0 Å². The lowest BCUT2D eigenvalue weighted by Gasteiger charge is -2.13. The average molecular weight is 253 g/mol.